The molecule has 0 radical (unpaired) electrons. The Morgan fingerprint density at radius 3 is 2.60 bits per heavy atom. The first-order chi connectivity index (χ1) is 14.5. The molecule has 0 saturated heterocycles. The standard InChI is InChI=1S/C23H17Cl3N2O2/c24-18-6-7-19(20(25)14-18)21(29)22(28-13-12-27-15-28)30-23(26)10-8-17(9-11-23)16-4-2-1-3-5-16/h1-10,12-15,22H,11H2/t22-,23+/m0/s1. The summed E-state index contributed by atoms with van der Waals surface area (Å²) in [5, 5.41) is -0.503. The van der Waals surface area contributed by atoms with Crippen LogP contribution in [0.4, 0.5) is 0 Å². The summed E-state index contributed by atoms with van der Waals surface area (Å²) in [5.41, 5.74) is 2.42. The number of rotatable bonds is 6. The van der Waals surface area contributed by atoms with Gasteiger partial charge in [0, 0.05) is 29.4 Å². The minimum absolute atomic E-state index is 0.246. The number of hydrogen-bond donors (Lipinski definition) is 0. The van der Waals surface area contributed by atoms with E-state index in [4.69, 9.17) is 39.5 Å². The summed E-state index contributed by atoms with van der Waals surface area (Å²) in [7, 11) is 0. The molecule has 0 amide bonds. The van der Waals surface area contributed by atoms with Crippen LogP contribution >= 0.6 is 34.8 Å². The Bertz CT molecular complexity index is 1110. The molecule has 7 heteroatoms. The quantitative estimate of drug-likeness (QED) is 0.309. The molecular formula is C23H17Cl3N2O2. The largest absolute Gasteiger partial charge is 0.324 e. The topological polar surface area (TPSA) is 44.1 Å². The third kappa shape index (κ3) is 4.52. The molecule has 1 aliphatic carbocycles. The van der Waals surface area contributed by atoms with E-state index < -0.39 is 11.3 Å². The second-order valence-corrected chi connectivity index (χ2v) is 8.30. The number of alkyl halides is 1. The van der Waals surface area contributed by atoms with Crippen LogP contribution in [0.15, 0.2) is 85.5 Å². The van der Waals surface area contributed by atoms with Crippen molar-refractivity contribution in [3.63, 3.8) is 0 Å². The molecule has 4 nitrogen and oxygen atoms in total. The average molecular weight is 460 g/mol. The van der Waals surface area contributed by atoms with Crippen molar-refractivity contribution in [2.75, 3.05) is 0 Å². The summed E-state index contributed by atoms with van der Waals surface area (Å²) < 4.78 is 7.68. The fraction of sp³-hybridized carbons (Fsp3) is 0.130. The lowest BCUT2D eigenvalue weighted by atomic mass is 9.98. The van der Waals surface area contributed by atoms with Gasteiger partial charge in [-0.1, -0.05) is 77.3 Å². The third-order valence-electron chi connectivity index (χ3n) is 4.74. The van der Waals surface area contributed by atoms with E-state index in [1.165, 1.54) is 12.4 Å². The first-order valence-electron chi connectivity index (χ1n) is 9.23. The lowest BCUT2D eigenvalue weighted by Gasteiger charge is -2.31. The summed E-state index contributed by atoms with van der Waals surface area (Å²) in [4.78, 5) is 17.3. The minimum Gasteiger partial charge on any atom is -0.324 e. The van der Waals surface area contributed by atoms with E-state index in [1.807, 2.05) is 42.5 Å². The highest BCUT2D eigenvalue weighted by molar-refractivity contribution is 6.37. The number of carbonyl (C=O) groups excluding carboxylic acids is 1. The van der Waals surface area contributed by atoms with Crippen molar-refractivity contribution in [2.45, 2.75) is 17.7 Å². The number of ketones is 1. The summed E-state index contributed by atoms with van der Waals surface area (Å²) in [5.74, 6) is -0.346. The van der Waals surface area contributed by atoms with Gasteiger partial charge in [-0.15, -0.1) is 0 Å². The predicted octanol–water partition coefficient (Wildman–Crippen LogP) is 6.57. The molecule has 1 aliphatic rings. The molecule has 0 N–H and O–H groups in total. The van der Waals surface area contributed by atoms with Gasteiger partial charge < -0.3 is 9.30 Å². The molecule has 4 rings (SSSR count). The number of allylic oxidation sites excluding steroid dienone is 2. The Balaban J connectivity index is 1.60. The Morgan fingerprint density at radius 2 is 1.97 bits per heavy atom. The normalized spacial score (nSPS) is 19.4. The van der Waals surface area contributed by atoms with E-state index in [-0.39, 0.29) is 10.8 Å². The second kappa shape index (κ2) is 8.78. The minimum atomic E-state index is -1.19. The van der Waals surface area contributed by atoms with Gasteiger partial charge in [0.1, 0.15) is 0 Å². The van der Waals surface area contributed by atoms with Gasteiger partial charge in [0.2, 0.25) is 12.0 Å². The van der Waals surface area contributed by atoms with Gasteiger partial charge in [-0.2, -0.15) is 0 Å². The van der Waals surface area contributed by atoms with E-state index >= 15 is 0 Å². The first kappa shape index (κ1) is 20.9. The maximum absolute atomic E-state index is 13.3. The highest BCUT2D eigenvalue weighted by Gasteiger charge is 2.35. The molecule has 2 aromatic carbocycles. The number of aromatic nitrogens is 2. The van der Waals surface area contributed by atoms with Crippen LogP contribution in [0, 0.1) is 0 Å². The Hall–Kier alpha value is -2.37. The lowest BCUT2D eigenvalue weighted by molar-refractivity contribution is -0.0367. The number of ether oxygens (including phenoxy) is 1. The van der Waals surface area contributed by atoms with E-state index in [9.17, 15) is 4.79 Å². The maximum atomic E-state index is 13.3. The molecule has 3 aromatic rings. The molecule has 152 valence electrons. The number of halogens is 3. The molecule has 0 bridgehead atoms. The van der Waals surface area contributed by atoms with Crippen molar-refractivity contribution in [2.24, 2.45) is 0 Å². The van der Waals surface area contributed by atoms with Crippen LogP contribution in [-0.2, 0) is 4.74 Å². The van der Waals surface area contributed by atoms with E-state index in [0.29, 0.717) is 17.0 Å². The zero-order valence-corrected chi connectivity index (χ0v) is 18.0. The van der Waals surface area contributed by atoms with Crippen molar-refractivity contribution in [1.82, 2.24) is 9.55 Å². The first-order valence-corrected chi connectivity index (χ1v) is 10.4. The summed E-state index contributed by atoms with van der Waals surface area (Å²) in [6, 6.07) is 14.7. The molecule has 2 atom stereocenters. The molecule has 0 unspecified atom stereocenters. The molecule has 0 spiro atoms. The van der Waals surface area contributed by atoms with Crippen molar-refractivity contribution in [3.05, 3.63) is 107 Å². The zero-order chi connectivity index (χ0) is 21.1. The highest BCUT2D eigenvalue weighted by Crippen LogP contribution is 2.37. The maximum Gasteiger partial charge on any atom is 0.214 e. The van der Waals surface area contributed by atoms with Crippen molar-refractivity contribution in [1.29, 1.82) is 0 Å². The summed E-state index contributed by atoms with van der Waals surface area (Å²) in [6.07, 6.45) is 9.72. The van der Waals surface area contributed by atoms with Gasteiger partial charge in [0.05, 0.1) is 11.3 Å². The van der Waals surface area contributed by atoms with Crippen LogP contribution in [0.3, 0.4) is 0 Å². The van der Waals surface area contributed by atoms with E-state index in [2.05, 4.69) is 4.98 Å². The molecular weight excluding hydrogens is 443 g/mol. The summed E-state index contributed by atoms with van der Waals surface area (Å²) >= 11 is 19.0. The predicted molar refractivity (Wildman–Crippen MR) is 120 cm³/mol. The van der Waals surface area contributed by atoms with Crippen LogP contribution in [0.2, 0.25) is 10.0 Å². The van der Waals surface area contributed by atoms with Crippen LogP contribution in [-0.4, -0.2) is 20.4 Å². The summed E-state index contributed by atoms with van der Waals surface area (Å²) in [6.45, 7) is 0. The number of carbonyl (C=O) groups is 1. The van der Waals surface area contributed by atoms with Crippen LogP contribution in [0.5, 0.6) is 0 Å². The van der Waals surface area contributed by atoms with Gasteiger partial charge in [-0.05, 0) is 35.4 Å². The Morgan fingerprint density at radius 1 is 1.17 bits per heavy atom. The van der Waals surface area contributed by atoms with E-state index in [0.717, 1.165) is 11.1 Å². The number of hydrogen-bond acceptors (Lipinski definition) is 3. The van der Waals surface area contributed by atoms with Gasteiger partial charge in [0.15, 0.2) is 5.06 Å². The number of nitrogens with zero attached hydrogens (tertiary/aromatic N) is 2. The van der Waals surface area contributed by atoms with Crippen molar-refractivity contribution in [3.8, 4) is 0 Å². The Kier molecular flexibility index (Phi) is 6.11. The van der Waals surface area contributed by atoms with Gasteiger partial charge >= 0.3 is 0 Å². The number of benzene rings is 2. The lowest BCUT2D eigenvalue weighted by Crippen LogP contribution is -2.33. The van der Waals surface area contributed by atoms with Gasteiger partial charge in [-0.25, -0.2) is 4.98 Å². The van der Waals surface area contributed by atoms with Gasteiger partial charge in [-0.3, -0.25) is 4.79 Å². The Labute approximate surface area is 189 Å². The highest BCUT2D eigenvalue weighted by atomic mass is 35.5. The zero-order valence-electron chi connectivity index (χ0n) is 15.7. The fourth-order valence-electron chi connectivity index (χ4n) is 3.20. The molecule has 1 heterocycles. The molecule has 30 heavy (non-hydrogen) atoms. The van der Waals surface area contributed by atoms with Crippen LogP contribution in [0.1, 0.15) is 28.6 Å². The smallest absolute Gasteiger partial charge is 0.214 e. The third-order valence-corrected chi connectivity index (χ3v) is 5.66. The molecule has 0 aliphatic heterocycles. The number of imidazole rings is 1. The molecule has 1 aromatic heterocycles. The fourth-order valence-corrected chi connectivity index (χ4v) is 3.92. The second-order valence-electron chi connectivity index (χ2n) is 6.82. The SMILES string of the molecule is O=C(c1ccc(Cl)cc1Cl)[C@H](O[C@]1(Cl)C=CC(c2ccccc2)=CC1)n1ccnc1. The van der Waals surface area contributed by atoms with E-state index in [1.54, 1.807) is 35.2 Å². The van der Waals surface area contributed by atoms with Gasteiger partial charge in [0.25, 0.3) is 0 Å². The van der Waals surface area contributed by atoms with Crippen LogP contribution in [0.25, 0.3) is 5.57 Å². The average Bonchev–Trinajstić information content (AvgIpc) is 3.27. The van der Waals surface area contributed by atoms with Crippen molar-refractivity contribution >= 4 is 46.2 Å². The van der Waals surface area contributed by atoms with Crippen LogP contribution < -0.4 is 0 Å². The monoisotopic (exact) mass is 458 g/mol. The number of Topliss-reactive ketones (excluding diaryl/α,β-unsaturated/α-hetero) is 1. The molecule has 0 fully saturated rings. The van der Waals surface area contributed by atoms with Crippen molar-refractivity contribution < 1.29 is 9.53 Å². The molecule has 0 saturated carbocycles.